The van der Waals surface area contributed by atoms with E-state index in [2.05, 4.69) is 44.8 Å². The minimum Gasteiger partial charge on any atom is -0.357 e. The van der Waals surface area contributed by atoms with E-state index in [0.717, 1.165) is 37.8 Å². The molecule has 7 nitrogen and oxygen atoms in total. The Labute approximate surface area is 164 Å². The Hall–Kier alpha value is -2.22. The number of likely N-dealkylation sites (tertiary alicyclic amines) is 1. The predicted octanol–water partition coefficient (Wildman–Crippen LogP) is 1.62. The second kappa shape index (κ2) is 9.64. The first-order valence-corrected chi connectivity index (χ1v) is 10.4. The van der Waals surface area contributed by atoms with Crippen molar-refractivity contribution in [2.75, 3.05) is 45.0 Å². The van der Waals surface area contributed by atoms with Crippen molar-refractivity contribution < 1.29 is 9.59 Å². The number of carbonyl (C=O) groups is 2. The number of rotatable bonds is 7. The van der Waals surface area contributed by atoms with Crippen molar-refractivity contribution in [3.63, 3.8) is 0 Å². The van der Waals surface area contributed by atoms with E-state index >= 15 is 0 Å². The number of nitrogens with zero attached hydrogens (tertiary/aromatic N) is 3. The van der Waals surface area contributed by atoms with Gasteiger partial charge < -0.3 is 15.5 Å². The molecule has 2 fully saturated rings. The zero-order valence-corrected chi connectivity index (χ0v) is 16.5. The van der Waals surface area contributed by atoms with E-state index in [9.17, 15) is 9.59 Å². The van der Waals surface area contributed by atoms with Gasteiger partial charge in [0.05, 0.1) is 19.6 Å². The molecule has 1 aromatic rings. The number of thioether (sulfide) groups is 1. The molecular formula is C19H27N5O2S. The largest absolute Gasteiger partial charge is 0.357 e. The molecule has 2 aliphatic rings. The van der Waals surface area contributed by atoms with E-state index in [-0.39, 0.29) is 18.5 Å². The maximum atomic E-state index is 11.6. The second-order valence-corrected chi connectivity index (χ2v) is 7.76. The summed E-state index contributed by atoms with van der Waals surface area (Å²) in [5.41, 5.74) is 0. The van der Waals surface area contributed by atoms with Gasteiger partial charge in [0.1, 0.15) is 0 Å². The standard InChI is InChI=1S/C19H27N5O2S/c1-2-20-18(21-9-11-24-17(25)12-22-19(24)26)23-10-8-15(13-23)14-27-16-6-4-3-5-7-16/h3-7,15H,2,8-14H2,1H3,(H,20,21)(H,22,26). The third-order valence-corrected chi connectivity index (χ3v) is 5.91. The lowest BCUT2D eigenvalue weighted by molar-refractivity contribution is -0.124. The molecule has 2 N–H and O–H groups in total. The third kappa shape index (κ3) is 5.38. The summed E-state index contributed by atoms with van der Waals surface area (Å²) in [5.74, 6) is 2.42. The molecule has 2 heterocycles. The monoisotopic (exact) mass is 389 g/mol. The molecule has 0 radical (unpaired) electrons. The molecular weight excluding hydrogens is 362 g/mol. The van der Waals surface area contributed by atoms with Crippen molar-refractivity contribution in [1.82, 2.24) is 20.4 Å². The summed E-state index contributed by atoms with van der Waals surface area (Å²) in [5, 5.41) is 5.86. The number of amides is 3. The minimum atomic E-state index is -0.320. The van der Waals surface area contributed by atoms with E-state index in [0.29, 0.717) is 19.0 Å². The molecule has 8 heteroatoms. The molecule has 0 aliphatic carbocycles. The Morgan fingerprint density at radius 1 is 1.33 bits per heavy atom. The van der Waals surface area contributed by atoms with Gasteiger partial charge in [0.2, 0.25) is 5.91 Å². The highest BCUT2D eigenvalue weighted by Gasteiger charge is 2.28. The van der Waals surface area contributed by atoms with Gasteiger partial charge in [-0.3, -0.25) is 14.7 Å². The number of guanidine groups is 1. The van der Waals surface area contributed by atoms with Crippen LogP contribution in [0.1, 0.15) is 13.3 Å². The van der Waals surface area contributed by atoms with Crippen LogP contribution in [0.5, 0.6) is 0 Å². The zero-order chi connectivity index (χ0) is 19.1. The summed E-state index contributed by atoms with van der Waals surface area (Å²) in [6, 6.07) is 10.2. The smallest absolute Gasteiger partial charge is 0.324 e. The third-order valence-electron chi connectivity index (χ3n) is 4.67. The van der Waals surface area contributed by atoms with Crippen LogP contribution in [0.2, 0.25) is 0 Å². The van der Waals surface area contributed by atoms with Crippen molar-refractivity contribution in [3.05, 3.63) is 30.3 Å². The predicted molar refractivity (Wildman–Crippen MR) is 108 cm³/mol. The first-order valence-electron chi connectivity index (χ1n) is 9.46. The van der Waals surface area contributed by atoms with Crippen molar-refractivity contribution in [2.45, 2.75) is 18.2 Å². The quantitative estimate of drug-likeness (QED) is 0.321. The molecule has 0 aromatic heterocycles. The molecule has 2 saturated heterocycles. The van der Waals surface area contributed by atoms with Gasteiger partial charge in [-0.15, -0.1) is 11.8 Å². The zero-order valence-electron chi connectivity index (χ0n) is 15.7. The number of nitrogens with one attached hydrogen (secondary N) is 2. The topological polar surface area (TPSA) is 77.0 Å². The number of urea groups is 1. The molecule has 1 unspecified atom stereocenters. The van der Waals surface area contributed by atoms with Gasteiger partial charge in [-0.25, -0.2) is 4.79 Å². The molecule has 0 spiro atoms. The Bertz CT molecular complexity index is 666. The molecule has 1 aromatic carbocycles. The van der Waals surface area contributed by atoms with Crippen molar-refractivity contribution in [2.24, 2.45) is 10.9 Å². The van der Waals surface area contributed by atoms with Crippen LogP contribution in [0.4, 0.5) is 4.79 Å². The van der Waals surface area contributed by atoms with Crippen LogP contribution in [-0.4, -0.2) is 72.7 Å². The Morgan fingerprint density at radius 2 is 2.15 bits per heavy atom. The highest BCUT2D eigenvalue weighted by molar-refractivity contribution is 7.99. The summed E-state index contributed by atoms with van der Waals surface area (Å²) in [7, 11) is 0. The average molecular weight is 390 g/mol. The van der Waals surface area contributed by atoms with Gasteiger partial charge in [0, 0.05) is 30.3 Å². The number of hydrogen-bond acceptors (Lipinski definition) is 4. The first kappa shape index (κ1) is 19.5. The Morgan fingerprint density at radius 3 is 2.85 bits per heavy atom. The highest BCUT2D eigenvalue weighted by Crippen LogP contribution is 2.25. The summed E-state index contributed by atoms with van der Waals surface area (Å²) in [6.45, 7) is 5.63. The van der Waals surface area contributed by atoms with Crippen LogP contribution < -0.4 is 10.6 Å². The first-order chi connectivity index (χ1) is 13.2. The molecule has 1 atom stereocenters. The molecule has 3 amide bonds. The Kier molecular flexibility index (Phi) is 6.98. The van der Waals surface area contributed by atoms with E-state index in [1.807, 2.05) is 24.8 Å². The molecule has 27 heavy (non-hydrogen) atoms. The Balaban J connectivity index is 1.49. The van der Waals surface area contributed by atoms with Crippen molar-refractivity contribution in [3.8, 4) is 0 Å². The second-order valence-electron chi connectivity index (χ2n) is 6.66. The number of hydrogen-bond donors (Lipinski definition) is 2. The van der Waals surface area contributed by atoms with Crippen LogP contribution in [0.25, 0.3) is 0 Å². The van der Waals surface area contributed by atoms with E-state index < -0.39 is 0 Å². The fourth-order valence-electron chi connectivity index (χ4n) is 3.26. The highest BCUT2D eigenvalue weighted by atomic mass is 32.2. The molecule has 3 rings (SSSR count). The van der Waals surface area contributed by atoms with Gasteiger partial charge in [-0.2, -0.15) is 0 Å². The van der Waals surface area contributed by atoms with Crippen LogP contribution in [-0.2, 0) is 4.79 Å². The lowest BCUT2D eigenvalue weighted by atomic mass is 10.2. The fourth-order valence-corrected chi connectivity index (χ4v) is 4.30. The lowest BCUT2D eigenvalue weighted by Crippen LogP contribution is -2.41. The summed E-state index contributed by atoms with van der Waals surface area (Å²) in [6.07, 6.45) is 1.15. The van der Waals surface area contributed by atoms with E-state index in [4.69, 9.17) is 0 Å². The van der Waals surface area contributed by atoms with E-state index in [1.165, 1.54) is 9.80 Å². The molecule has 2 aliphatic heterocycles. The molecule has 146 valence electrons. The van der Waals surface area contributed by atoms with Crippen molar-refractivity contribution in [1.29, 1.82) is 0 Å². The van der Waals surface area contributed by atoms with Crippen LogP contribution >= 0.6 is 11.8 Å². The number of carbonyl (C=O) groups excluding carboxylic acids is 2. The molecule has 0 saturated carbocycles. The normalized spacial score (nSPS) is 20.3. The SMILES string of the molecule is CCNC(=NCCN1C(=O)CNC1=O)N1CCC(CSc2ccccc2)C1. The van der Waals surface area contributed by atoms with E-state index in [1.54, 1.807) is 0 Å². The summed E-state index contributed by atoms with van der Waals surface area (Å²) < 4.78 is 0. The van der Waals surface area contributed by atoms with Gasteiger partial charge in [-0.05, 0) is 31.4 Å². The van der Waals surface area contributed by atoms with Gasteiger partial charge in [-0.1, -0.05) is 18.2 Å². The minimum absolute atomic E-state index is 0.0928. The number of aliphatic imine (C=N–C) groups is 1. The van der Waals surface area contributed by atoms with Crippen LogP contribution in [0.3, 0.4) is 0 Å². The van der Waals surface area contributed by atoms with Crippen LogP contribution in [0, 0.1) is 5.92 Å². The fraction of sp³-hybridized carbons (Fsp3) is 0.526. The number of imide groups is 1. The number of benzene rings is 1. The summed E-state index contributed by atoms with van der Waals surface area (Å²) in [4.78, 5) is 32.7. The lowest BCUT2D eigenvalue weighted by Gasteiger charge is -2.22. The van der Waals surface area contributed by atoms with Gasteiger partial charge in [0.25, 0.3) is 0 Å². The summed E-state index contributed by atoms with van der Waals surface area (Å²) >= 11 is 1.90. The van der Waals surface area contributed by atoms with Gasteiger partial charge in [0.15, 0.2) is 5.96 Å². The molecule has 0 bridgehead atoms. The van der Waals surface area contributed by atoms with Gasteiger partial charge >= 0.3 is 6.03 Å². The average Bonchev–Trinajstić information content (AvgIpc) is 3.28. The van der Waals surface area contributed by atoms with Crippen molar-refractivity contribution >= 4 is 29.7 Å². The maximum Gasteiger partial charge on any atom is 0.324 e. The van der Waals surface area contributed by atoms with Crippen LogP contribution in [0.15, 0.2) is 40.2 Å². The maximum absolute atomic E-state index is 11.6.